The molecule has 2 aliphatic carbocycles. The molecule has 2 fully saturated rings. The van der Waals surface area contributed by atoms with Crippen LogP contribution in [0.15, 0.2) is 24.3 Å². The van der Waals surface area contributed by atoms with Crippen LogP contribution in [0.2, 0.25) is 0 Å². The van der Waals surface area contributed by atoms with Crippen molar-refractivity contribution in [2.45, 2.75) is 63.9 Å². The Balaban J connectivity index is 1.83. The standard InChI is InChI=1S/C18H26O/c1-13-6-7-14(2)18(19,12-13)17-10-8-16(9-11-17)15-4-3-5-15/h8-11,13-15,19H,3-7,12H2,1-2H3. The minimum absolute atomic E-state index is 0.373. The molecule has 1 aromatic rings. The summed E-state index contributed by atoms with van der Waals surface area (Å²) in [6.45, 7) is 4.46. The summed E-state index contributed by atoms with van der Waals surface area (Å²) in [5.74, 6) is 1.79. The van der Waals surface area contributed by atoms with E-state index in [4.69, 9.17) is 0 Å². The van der Waals surface area contributed by atoms with Crippen molar-refractivity contribution in [3.05, 3.63) is 35.4 Å². The highest BCUT2D eigenvalue weighted by Crippen LogP contribution is 2.44. The molecule has 0 radical (unpaired) electrons. The molecule has 0 spiro atoms. The van der Waals surface area contributed by atoms with Gasteiger partial charge in [-0.3, -0.25) is 0 Å². The van der Waals surface area contributed by atoms with Gasteiger partial charge in [0.15, 0.2) is 0 Å². The van der Waals surface area contributed by atoms with Gasteiger partial charge in [-0.25, -0.2) is 0 Å². The van der Waals surface area contributed by atoms with Gasteiger partial charge in [0.2, 0.25) is 0 Å². The van der Waals surface area contributed by atoms with Crippen LogP contribution in [-0.4, -0.2) is 5.11 Å². The Labute approximate surface area is 117 Å². The Morgan fingerprint density at radius 1 is 1.00 bits per heavy atom. The SMILES string of the molecule is CC1CCC(C)C(O)(c2ccc(C3CCC3)cc2)C1. The molecule has 3 atom stereocenters. The molecule has 1 aromatic carbocycles. The number of hydrogen-bond donors (Lipinski definition) is 1. The quantitative estimate of drug-likeness (QED) is 0.822. The summed E-state index contributed by atoms with van der Waals surface area (Å²) < 4.78 is 0. The van der Waals surface area contributed by atoms with Crippen LogP contribution in [0.3, 0.4) is 0 Å². The van der Waals surface area contributed by atoms with Crippen molar-refractivity contribution in [2.75, 3.05) is 0 Å². The predicted molar refractivity (Wildman–Crippen MR) is 79.1 cm³/mol. The predicted octanol–water partition coefficient (Wildman–Crippen LogP) is 4.60. The molecule has 1 nitrogen and oxygen atoms in total. The van der Waals surface area contributed by atoms with Crippen LogP contribution in [0.4, 0.5) is 0 Å². The topological polar surface area (TPSA) is 20.2 Å². The Hall–Kier alpha value is -0.820. The van der Waals surface area contributed by atoms with Gasteiger partial charge in [0.1, 0.15) is 0 Å². The Morgan fingerprint density at radius 3 is 2.26 bits per heavy atom. The number of hydrogen-bond acceptors (Lipinski definition) is 1. The zero-order chi connectivity index (χ0) is 13.5. The maximum Gasteiger partial charge on any atom is 0.0924 e. The van der Waals surface area contributed by atoms with E-state index in [1.165, 1.54) is 31.2 Å². The molecule has 0 amide bonds. The van der Waals surface area contributed by atoms with E-state index < -0.39 is 5.60 Å². The molecule has 19 heavy (non-hydrogen) atoms. The van der Waals surface area contributed by atoms with Crippen molar-refractivity contribution in [3.63, 3.8) is 0 Å². The summed E-state index contributed by atoms with van der Waals surface area (Å²) in [5.41, 5.74) is 2.00. The third-order valence-corrected chi connectivity index (χ3v) is 5.55. The molecule has 1 N–H and O–H groups in total. The van der Waals surface area contributed by atoms with Crippen LogP contribution in [0.1, 0.15) is 69.4 Å². The van der Waals surface area contributed by atoms with Crippen LogP contribution in [0.5, 0.6) is 0 Å². The lowest BCUT2D eigenvalue weighted by molar-refractivity contribution is -0.0627. The first kappa shape index (κ1) is 13.2. The number of aliphatic hydroxyl groups is 1. The van der Waals surface area contributed by atoms with Gasteiger partial charge in [0.05, 0.1) is 5.60 Å². The van der Waals surface area contributed by atoms with Gasteiger partial charge in [0, 0.05) is 0 Å². The average Bonchev–Trinajstić information content (AvgIpc) is 2.33. The fourth-order valence-corrected chi connectivity index (χ4v) is 3.80. The van der Waals surface area contributed by atoms with E-state index in [0.717, 1.165) is 24.3 Å². The van der Waals surface area contributed by atoms with E-state index >= 15 is 0 Å². The highest BCUT2D eigenvalue weighted by atomic mass is 16.3. The molecule has 2 saturated carbocycles. The molecule has 1 heteroatoms. The van der Waals surface area contributed by atoms with Crippen LogP contribution < -0.4 is 0 Å². The molecule has 0 bridgehead atoms. The average molecular weight is 258 g/mol. The van der Waals surface area contributed by atoms with E-state index in [2.05, 4.69) is 38.1 Å². The summed E-state index contributed by atoms with van der Waals surface area (Å²) in [6.07, 6.45) is 7.38. The summed E-state index contributed by atoms with van der Waals surface area (Å²) in [5, 5.41) is 11.1. The Kier molecular flexibility index (Phi) is 3.42. The molecule has 3 unspecified atom stereocenters. The Bertz CT molecular complexity index is 432. The van der Waals surface area contributed by atoms with Crippen LogP contribution in [0.25, 0.3) is 0 Å². The third-order valence-electron chi connectivity index (χ3n) is 5.55. The molecule has 0 saturated heterocycles. The second kappa shape index (κ2) is 4.94. The van der Waals surface area contributed by atoms with Gasteiger partial charge in [-0.2, -0.15) is 0 Å². The number of benzene rings is 1. The van der Waals surface area contributed by atoms with Gasteiger partial charge in [0.25, 0.3) is 0 Å². The van der Waals surface area contributed by atoms with Gasteiger partial charge < -0.3 is 5.11 Å². The molecular formula is C18H26O. The smallest absolute Gasteiger partial charge is 0.0924 e. The zero-order valence-corrected chi connectivity index (χ0v) is 12.2. The lowest BCUT2D eigenvalue weighted by atomic mass is 9.68. The first-order chi connectivity index (χ1) is 9.09. The van der Waals surface area contributed by atoms with Crippen molar-refractivity contribution < 1.29 is 5.11 Å². The fourth-order valence-electron chi connectivity index (χ4n) is 3.80. The van der Waals surface area contributed by atoms with E-state index in [-0.39, 0.29) is 0 Å². The second-order valence-electron chi connectivity index (χ2n) is 6.96. The van der Waals surface area contributed by atoms with E-state index in [0.29, 0.717) is 11.8 Å². The zero-order valence-electron chi connectivity index (χ0n) is 12.2. The van der Waals surface area contributed by atoms with Crippen molar-refractivity contribution in [1.82, 2.24) is 0 Å². The summed E-state index contributed by atoms with van der Waals surface area (Å²) in [6, 6.07) is 8.87. The monoisotopic (exact) mass is 258 g/mol. The molecule has 2 aliphatic rings. The summed E-state index contributed by atoms with van der Waals surface area (Å²) >= 11 is 0. The number of rotatable bonds is 2. The van der Waals surface area contributed by atoms with Gasteiger partial charge in [-0.1, -0.05) is 51.0 Å². The largest absolute Gasteiger partial charge is 0.385 e. The van der Waals surface area contributed by atoms with E-state index in [1.54, 1.807) is 0 Å². The van der Waals surface area contributed by atoms with Gasteiger partial charge >= 0.3 is 0 Å². The Morgan fingerprint density at radius 2 is 1.68 bits per heavy atom. The third kappa shape index (κ3) is 2.33. The maximum atomic E-state index is 11.1. The van der Waals surface area contributed by atoms with Gasteiger partial charge in [-0.05, 0) is 54.6 Å². The molecular weight excluding hydrogens is 232 g/mol. The molecule has 0 aromatic heterocycles. The van der Waals surface area contributed by atoms with Gasteiger partial charge in [-0.15, -0.1) is 0 Å². The van der Waals surface area contributed by atoms with E-state index in [1.807, 2.05) is 0 Å². The lowest BCUT2D eigenvalue weighted by Crippen LogP contribution is -2.39. The molecule has 0 heterocycles. The first-order valence-electron chi connectivity index (χ1n) is 7.92. The van der Waals surface area contributed by atoms with Crippen molar-refractivity contribution >= 4 is 0 Å². The maximum absolute atomic E-state index is 11.1. The van der Waals surface area contributed by atoms with Crippen molar-refractivity contribution in [1.29, 1.82) is 0 Å². The first-order valence-corrected chi connectivity index (χ1v) is 7.92. The summed E-state index contributed by atoms with van der Waals surface area (Å²) in [4.78, 5) is 0. The van der Waals surface area contributed by atoms with Crippen molar-refractivity contribution in [3.8, 4) is 0 Å². The molecule has 0 aliphatic heterocycles. The normalized spacial score (nSPS) is 35.9. The van der Waals surface area contributed by atoms with E-state index in [9.17, 15) is 5.11 Å². The highest BCUT2D eigenvalue weighted by Gasteiger charge is 2.40. The highest BCUT2D eigenvalue weighted by molar-refractivity contribution is 5.31. The minimum atomic E-state index is -0.601. The minimum Gasteiger partial charge on any atom is -0.385 e. The van der Waals surface area contributed by atoms with Crippen LogP contribution >= 0.6 is 0 Å². The molecule has 3 rings (SSSR count). The van der Waals surface area contributed by atoms with Crippen LogP contribution in [0, 0.1) is 11.8 Å². The second-order valence-corrected chi connectivity index (χ2v) is 6.96. The van der Waals surface area contributed by atoms with Crippen molar-refractivity contribution in [2.24, 2.45) is 11.8 Å². The lowest BCUT2D eigenvalue weighted by Gasteiger charge is -2.41. The fraction of sp³-hybridized carbons (Fsp3) is 0.667. The summed E-state index contributed by atoms with van der Waals surface area (Å²) in [7, 11) is 0. The van der Waals surface area contributed by atoms with Crippen LogP contribution in [-0.2, 0) is 5.60 Å². The molecule has 104 valence electrons.